The molecular formula is C12H17NO2S. The second-order valence-corrected chi connectivity index (χ2v) is 6.25. The normalized spacial score (nSPS) is 25.4. The molecule has 1 aromatic rings. The summed E-state index contributed by atoms with van der Waals surface area (Å²) in [6, 6.07) is 10.2. The van der Waals surface area contributed by atoms with Gasteiger partial charge >= 0.3 is 0 Å². The fourth-order valence-corrected chi connectivity index (χ4v) is 3.84. The van der Waals surface area contributed by atoms with E-state index in [0.717, 1.165) is 6.42 Å². The van der Waals surface area contributed by atoms with E-state index in [1.54, 1.807) is 4.31 Å². The summed E-state index contributed by atoms with van der Waals surface area (Å²) in [5, 5.41) is 0. The van der Waals surface area contributed by atoms with E-state index >= 15 is 0 Å². The minimum Gasteiger partial charge on any atom is -0.212 e. The summed E-state index contributed by atoms with van der Waals surface area (Å²) in [4.78, 5) is 0. The molecule has 1 aliphatic rings. The summed E-state index contributed by atoms with van der Waals surface area (Å²) < 4.78 is 25.0. The average Bonchev–Trinajstić information content (AvgIpc) is 2.30. The van der Waals surface area contributed by atoms with E-state index in [1.807, 2.05) is 25.1 Å². The molecule has 0 amide bonds. The zero-order valence-electron chi connectivity index (χ0n) is 9.46. The van der Waals surface area contributed by atoms with Gasteiger partial charge in [0.15, 0.2) is 0 Å². The van der Waals surface area contributed by atoms with Gasteiger partial charge in [0.25, 0.3) is 0 Å². The third kappa shape index (κ3) is 2.28. The fraction of sp³-hybridized carbons (Fsp3) is 0.500. The predicted molar refractivity (Wildman–Crippen MR) is 64.8 cm³/mol. The van der Waals surface area contributed by atoms with E-state index in [2.05, 4.69) is 12.1 Å². The van der Waals surface area contributed by atoms with Gasteiger partial charge in [-0.15, -0.1) is 0 Å². The van der Waals surface area contributed by atoms with Gasteiger partial charge in [0.1, 0.15) is 0 Å². The van der Waals surface area contributed by atoms with Crippen LogP contribution in [-0.4, -0.2) is 31.6 Å². The molecular weight excluding hydrogens is 222 g/mol. The van der Waals surface area contributed by atoms with Gasteiger partial charge in [0.05, 0.1) is 5.75 Å². The molecule has 0 bridgehead atoms. The van der Waals surface area contributed by atoms with Crippen molar-refractivity contribution < 1.29 is 8.42 Å². The van der Waals surface area contributed by atoms with E-state index in [0.29, 0.717) is 19.0 Å². The average molecular weight is 239 g/mol. The van der Waals surface area contributed by atoms with Crippen LogP contribution in [0.3, 0.4) is 0 Å². The highest BCUT2D eigenvalue weighted by Crippen LogP contribution is 2.27. The summed E-state index contributed by atoms with van der Waals surface area (Å²) in [6.45, 7) is 3.10. The van der Waals surface area contributed by atoms with Crippen LogP contribution in [0, 0.1) is 0 Å². The van der Waals surface area contributed by atoms with Crippen LogP contribution in [0.4, 0.5) is 0 Å². The number of hydrogen-bond donors (Lipinski definition) is 0. The minimum absolute atomic E-state index is 0.278. The summed E-state index contributed by atoms with van der Waals surface area (Å²) in [6.07, 6.45) is 0.739. The Bertz CT molecular complexity index is 441. The summed E-state index contributed by atoms with van der Waals surface area (Å²) in [5.41, 5.74) is 1.25. The van der Waals surface area contributed by atoms with Crippen molar-refractivity contribution in [3.63, 3.8) is 0 Å². The van der Waals surface area contributed by atoms with Gasteiger partial charge in [-0.2, -0.15) is 0 Å². The monoisotopic (exact) mass is 239 g/mol. The second kappa shape index (κ2) is 4.55. The Hall–Kier alpha value is -0.870. The van der Waals surface area contributed by atoms with Crippen LogP contribution in [-0.2, 0) is 10.0 Å². The molecule has 0 saturated carbocycles. The smallest absolute Gasteiger partial charge is 0.212 e. The molecule has 0 spiro atoms. The third-order valence-electron chi connectivity index (χ3n) is 3.17. The quantitative estimate of drug-likeness (QED) is 0.789. The zero-order chi connectivity index (χ0) is 11.6. The van der Waals surface area contributed by atoms with Crippen molar-refractivity contribution in [3.05, 3.63) is 35.9 Å². The Balaban J connectivity index is 2.17. The molecule has 0 radical (unpaired) electrons. The molecule has 1 unspecified atom stereocenters. The molecule has 1 heterocycles. The highest BCUT2D eigenvalue weighted by Gasteiger charge is 2.30. The van der Waals surface area contributed by atoms with Crippen LogP contribution in [0.2, 0.25) is 0 Å². The molecule has 0 N–H and O–H groups in total. The first-order valence-electron chi connectivity index (χ1n) is 5.66. The third-order valence-corrected chi connectivity index (χ3v) is 5.11. The van der Waals surface area contributed by atoms with Crippen molar-refractivity contribution in [2.24, 2.45) is 0 Å². The first-order valence-corrected chi connectivity index (χ1v) is 7.27. The second-order valence-electron chi connectivity index (χ2n) is 4.16. The summed E-state index contributed by atoms with van der Waals surface area (Å²) >= 11 is 0. The molecule has 1 fully saturated rings. The molecule has 1 atom stereocenters. The molecule has 0 aromatic heterocycles. The lowest BCUT2D eigenvalue weighted by molar-refractivity contribution is 0.370. The van der Waals surface area contributed by atoms with Crippen molar-refractivity contribution in [1.29, 1.82) is 0 Å². The van der Waals surface area contributed by atoms with Crippen molar-refractivity contribution in [3.8, 4) is 0 Å². The maximum absolute atomic E-state index is 11.7. The lowest BCUT2D eigenvalue weighted by Crippen LogP contribution is -2.41. The number of likely N-dealkylation sites (N-methyl/N-ethyl adjacent to an activating group) is 1. The van der Waals surface area contributed by atoms with Gasteiger partial charge in [-0.05, 0) is 17.9 Å². The Morgan fingerprint density at radius 2 is 2.00 bits per heavy atom. The lowest BCUT2D eigenvalue weighted by atomic mass is 9.96. The number of nitrogens with zero attached hydrogens (tertiary/aromatic N) is 1. The van der Waals surface area contributed by atoms with E-state index in [9.17, 15) is 8.42 Å². The van der Waals surface area contributed by atoms with Gasteiger partial charge in [0.2, 0.25) is 10.0 Å². The van der Waals surface area contributed by atoms with Crippen LogP contribution >= 0.6 is 0 Å². The highest BCUT2D eigenvalue weighted by atomic mass is 32.2. The molecule has 88 valence electrons. The Kier molecular flexibility index (Phi) is 3.30. The molecule has 16 heavy (non-hydrogen) atoms. The molecule has 2 rings (SSSR count). The van der Waals surface area contributed by atoms with Gasteiger partial charge in [-0.25, -0.2) is 12.7 Å². The molecule has 3 nitrogen and oxygen atoms in total. The van der Waals surface area contributed by atoms with Crippen LogP contribution in [0.1, 0.15) is 24.8 Å². The number of hydrogen-bond acceptors (Lipinski definition) is 2. The van der Waals surface area contributed by atoms with E-state index in [-0.39, 0.29) is 5.75 Å². The number of rotatable bonds is 2. The fourth-order valence-electron chi connectivity index (χ4n) is 2.19. The zero-order valence-corrected chi connectivity index (χ0v) is 10.3. The Morgan fingerprint density at radius 3 is 2.62 bits per heavy atom. The van der Waals surface area contributed by atoms with Crippen molar-refractivity contribution >= 4 is 10.0 Å². The summed E-state index contributed by atoms with van der Waals surface area (Å²) in [7, 11) is -2.98. The first-order chi connectivity index (χ1) is 7.63. The van der Waals surface area contributed by atoms with Crippen LogP contribution in [0.5, 0.6) is 0 Å². The standard InChI is InChI=1S/C12H17NO2S/c1-2-13-10-12(8-9-16(13,14)15)11-6-4-3-5-7-11/h3-7,12H,2,8-10H2,1H3. The van der Waals surface area contributed by atoms with E-state index < -0.39 is 10.0 Å². The number of benzene rings is 1. The van der Waals surface area contributed by atoms with Gasteiger partial charge < -0.3 is 0 Å². The van der Waals surface area contributed by atoms with E-state index in [4.69, 9.17) is 0 Å². The van der Waals surface area contributed by atoms with Crippen molar-refractivity contribution in [2.45, 2.75) is 19.3 Å². The molecule has 4 heteroatoms. The van der Waals surface area contributed by atoms with Gasteiger partial charge in [-0.3, -0.25) is 0 Å². The maximum atomic E-state index is 11.7. The van der Waals surface area contributed by atoms with Crippen LogP contribution in [0.25, 0.3) is 0 Å². The van der Waals surface area contributed by atoms with Crippen molar-refractivity contribution in [2.75, 3.05) is 18.8 Å². The molecule has 1 saturated heterocycles. The van der Waals surface area contributed by atoms with E-state index in [1.165, 1.54) is 5.56 Å². The molecule has 0 aliphatic carbocycles. The highest BCUT2D eigenvalue weighted by molar-refractivity contribution is 7.89. The van der Waals surface area contributed by atoms with Crippen LogP contribution in [0.15, 0.2) is 30.3 Å². The lowest BCUT2D eigenvalue weighted by Gasteiger charge is -2.31. The van der Waals surface area contributed by atoms with Crippen molar-refractivity contribution in [1.82, 2.24) is 4.31 Å². The largest absolute Gasteiger partial charge is 0.214 e. The SMILES string of the molecule is CCN1CC(c2ccccc2)CCS1(=O)=O. The molecule has 1 aromatic carbocycles. The first kappa shape index (κ1) is 11.6. The topological polar surface area (TPSA) is 37.4 Å². The maximum Gasteiger partial charge on any atom is 0.214 e. The molecule has 1 aliphatic heterocycles. The number of sulfonamides is 1. The Labute approximate surface area is 97.1 Å². The Morgan fingerprint density at radius 1 is 1.31 bits per heavy atom. The van der Waals surface area contributed by atoms with Crippen LogP contribution < -0.4 is 0 Å². The minimum atomic E-state index is -2.98. The predicted octanol–water partition coefficient (Wildman–Crippen LogP) is 1.83. The van der Waals surface area contributed by atoms with Gasteiger partial charge in [0, 0.05) is 13.1 Å². The van der Waals surface area contributed by atoms with Gasteiger partial charge in [-0.1, -0.05) is 37.3 Å². The summed E-state index contributed by atoms with van der Waals surface area (Å²) in [5.74, 6) is 0.630.